The zero-order chi connectivity index (χ0) is 12.4. The Labute approximate surface area is 101 Å². The third-order valence-electron chi connectivity index (χ3n) is 3.22. The molecule has 0 aromatic heterocycles. The van der Waals surface area contributed by atoms with E-state index in [1.54, 1.807) is 7.11 Å². The molecule has 0 radical (unpaired) electrons. The van der Waals surface area contributed by atoms with Gasteiger partial charge in [-0.15, -0.1) is 0 Å². The predicted molar refractivity (Wildman–Crippen MR) is 67.3 cm³/mol. The van der Waals surface area contributed by atoms with E-state index in [9.17, 15) is 4.79 Å². The lowest BCUT2D eigenvalue weighted by Crippen LogP contribution is -2.36. The Morgan fingerprint density at radius 1 is 1.59 bits per heavy atom. The van der Waals surface area contributed by atoms with Crippen molar-refractivity contribution in [1.82, 2.24) is 0 Å². The van der Waals surface area contributed by atoms with E-state index in [1.165, 1.54) is 5.56 Å². The molecule has 1 unspecified atom stereocenters. The van der Waals surface area contributed by atoms with Crippen molar-refractivity contribution in [3.63, 3.8) is 0 Å². The second-order valence-corrected chi connectivity index (χ2v) is 4.37. The van der Waals surface area contributed by atoms with Gasteiger partial charge >= 0.3 is 0 Å². The number of hydrogen-bond acceptors (Lipinski definition) is 3. The number of amides is 1. The first-order valence-corrected chi connectivity index (χ1v) is 5.85. The number of fused-ring (bicyclic) bond motifs is 1. The van der Waals surface area contributed by atoms with Gasteiger partial charge < -0.3 is 15.4 Å². The Morgan fingerprint density at radius 2 is 2.35 bits per heavy atom. The molecule has 0 spiro atoms. The average Bonchev–Trinajstić information content (AvgIpc) is 2.79. The van der Waals surface area contributed by atoms with Crippen LogP contribution in [0.1, 0.15) is 12.5 Å². The van der Waals surface area contributed by atoms with Crippen molar-refractivity contribution in [2.24, 2.45) is 11.7 Å². The molecule has 0 aliphatic carbocycles. The van der Waals surface area contributed by atoms with Crippen LogP contribution in [0.25, 0.3) is 0 Å². The summed E-state index contributed by atoms with van der Waals surface area (Å²) in [5.74, 6) is 0.824. The van der Waals surface area contributed by atoms with Gasteiger partial charge in [0, 0.05) is 24.7 Å². The van der Waals surface area contributed by atoms with E-state index in [0.717, 1.165) is 24.4 Å². The first-order valence-electron chi connectivity index (χ1n) is 5.85. The van der Waals surface area contributed by atoms with Gasteiger partial charge in [-0.2, -0.15) is 0 Å². The number of benzene rings is 1. The Balaban J connectivity index is 2.25. The third kappa shape index (κ3) is 2.13. The van der Waals surface area contributed by atoms with Crippen LogP contribution in [0.5, 0.6) is 5.75 Å². The van der Waals surface area contributed by atoms with Crippen LogP contribution in [0.3, 0.4) is 0 Å². The number of nitrogens with two attached hydrogens (primary N) is 1. The molecule has 2 rings (SSSR count). The van der Waals surface area contributed by atoms with Crippen molar-refractivity contribution in [3.05, 3.63) is 23.8 Å². The number of carbonyl (C=O) groups excluding carboxylic acids is 1. The van der Waals surface area contributed by atoms with Crippen molar-refractivity contribution in [3.8, 4) is 5.75 Å². The predicted octanol–water partition coefficient (Wildman–Crippen LogP) is 1.18. The maximum atomic E-state index is 12.1. The summed E-state index contributed by atoms with van der Waals surface area (Å²) in [6.45, 7) is 3.00. The molecule has 1 aromatic carbocycles. The van der Waals surface area contributed by atoms with E-state index < -0.39 is 0 Å². The normalized spacial score (nSPS) is 15.6. The molecular weight excluding hydrogens is 216 g/mol. The minimum atomic E-state index is -0.122. The second kappa shape index (κ2) is 4.75. The lowest BCUT2D eigenvalue weighted by Gasteiger charge is -2.20. The largest absolute Gasteiger partial charge is 0.497 e. The summed E-state index contributed by atoms with van der Waals surface area (Å²) in [6.07, 6.45) is 0.884. The molecule has 0 saturated heterocycles. The molecule has 0 saturated carbocycles. The van der Waals surface area contributed by atoms with E-state index in [0.29, 0.717) is 6.54 Å². The fraction of sp³-hybridized carbons (Fsp3) is 0.462. The molecular formula is C13H18N2O2. The monoisotopic (exact) mass is 234 g/mol. The standard InChI is InChI=1S/C13H18N2O2/c1-9(8-14)13(16)15-6-5-10-7-11(17-2)3-4-12(10)15/h3-4,7,9H,5-6,8,14H2,1-2H3. The molecule has 4 nitrogen and oxygen atoms in total. The second-order valence-electron chi connectivity index (χ2n) is 4.37. The van der Waals surface area contributed by atoms with Crippen molar-refractivity contribution >= 4 is 11.6 Å². The van der Waals surface area contributed by atoms with Gasteiger partial charge in [0.15, 0.2) is 0 Å². The topological polar surface area (TPSA) is 55.6 Å². The van der Waals surface area contributed by atoms with Crippen LogP contribution in [0.4, 0.5) is 5.69 Å². The summed E-state index contributed by atoms with van der Waals surface area (Å²) >= 11 is 0. The smallest absolute Gasteiger partial charge is 0.231 e. The summed E-state index contributed by atoms with van der Waals surface area (Å²) in [7, 11) is 1.65. The third-order valence-corrected chi connectivity index (χ3v) is 3.22. The lowest BCUT2D eigenvalue weighted by atomic mass is 10.1. The highest BCUT2D eigenvalue weighted by atomic mass is 16.5. The SMILES string of the molecule is COc1ccc2c(c1)CCN2C(=O)C(C)CN. The molecule has 1 aliphatic rings. The quantitative estimate of drug-likeness (QED) is 0.854. The van der Waals surface area contributed by atoms with Crippen LogP contribution in [0, 0.1) is 5.92 Å². The highest BCUT2D eigenvalue weighted by molar-refractivity contribution is 5.97. The van der Waals surface area contributed by atoms with Gasteiger partial charge in [-0.3, -0.25) is 4.79 Å². The summed E-state index contributed by atoms with van der Waals surface area (Å²) in [6, 6.07) is 5.83. The van der Waals surface area contributed by atoms with Crippen LogP contribution in [-0.4, -0.2) is 26.1 Å². The summed E-state index contributed by atoms with van der Waals surface area (Å²) in [5, 5.41) is 0. The number of nitrogens with zero attached hydrogens (tertiary/aromatic N) is 1. The highest BCUT2D eigenvalue weighted by Gasteiger charge is 2.27. The van der Waals surface area contributed by atoms with Gasteiger partial charge in [0.2, 0.25) is 5.91 Å². The van der Waals surface area contributed by atoms with Gasteiger partial charge in [0.25, 0.3) is 0 Å². The number of anilines is 1. The highest BCUT2D eigenvalue weighted by Crippen LogP contribution is 2.31. The number of rotatable bonds is 3. The van der Waals surface area contributed by atoms with Crippen molar-refractivity contribution in [2.45, 2.75) is 13.3 Å². The van der Waals surface area contributed by atoms with Crippen LogP contribution >= 0.6 is 0 Å². The summed E-state index contributed by atoms with van der Waals surface area (Å²) in [4.78, 5) is 13.9. The molecule has 1 aliphatic heterocycles. The molecule has 17 heavy (non-hydrogen) atoms. The van der Waals surface area contributed by atoms with Crippen LogP contribution < -0.4 is 15.4 Å². The van der Waals surface area contributed by atoms with Gasteiger partial charge in [0.1, 0.15) is 5.75 Å². The van der Waals surface area contributed by atoms with Gasteiger partial charge in [-0.05, 0) is 30.2 Å². The number of methoxy groups -OCH3 is 1. The molecule has 4 heteroatoms. The van der Waals surface area contributed by atoms with Gasteiger partial charge in [0.05, 0.1) is 7.11 Å². The summed E-state index contributed by atoms with van der Waals surface area (Å²) in [5.41, 5.74) is 7.70. The number of ether oxygens (including phenoxy) is 1. The first-order chi connectivity index (χ1) is 8.17. The van der Waals surface area contributed by atoms with Crippen molar-refractivity contribution < 1.29 is 9.53 Å². The fourth-order valence-electron chi connectivity index (χ4n) is 2.10. The van der Waals surface area contributed by atoms with E-state index in [4.69, 9.17) is 10.5 Å². The zero-order valence-corrected chi connectivity index (χ0v) is 10.3. The minimum absolute atomic E-state index is 0.108. The molecule has 0 fully saturated rings. The van der Waals surface area contributed by atoms with Gasteiger partial charge in [-0.25, -0.2) is 0 Å². The number of carbonyl (C=O) groups is 1. The fourth-order valence-corrected chi connectivity index (χ4v) is 2.10. The van der Waals surface area contributed by atoms with Crippen LogP contribution in [0.15, 0.2) is 18.2 Å². The van der Waals surface area contributed by atoms with E-state index in [1.807, 2.05) is 30.0 Å². The van der Waals surface area contributed by atoms with E-state index >= 15 is 0 Å². The molecule has 1 aromatic rings. The molecule has 0 bridgehead atoms. The molecule has 2 N–H and O–H groups in total. The van der Waals surface area contributed by atoms with E-state index in [-0.39, 0.29) is 11.8 Å². The first kappa shape index (κ1) is 11.9. The van der Waals surface area contributed by atoms with Crippen molar-refractivity contribution in [2.75, 3.05) is 25.1 Å². The molecule has 1 atom stereocenters. The maximum absolute atomic E-state index is 12.1. The Bertz CT molecular complexity index is 431. The Morgan fingerprint density at radius 3 is 3.00 bits per heavy atom. The summed E-state index contributed by atoms with van der Waals surface area (Å²) < 4.78 is 5.18. The molecule has 92 valence electrons. The van der Waals surface area contributed by atoms with Crippen molar-refractivity contribution in [1.29, 1.82) is 0 Å². The van der Waals surface area contributed by atoms with Crippen LogP contribution in [0.2, 0.25) is 0 Å². The van der Waals surface area contributed by atoms with Gasteiger partial charge in [-0.1, -0.05) is 6.92 Å². The Kier molecular flexibility index (Phi) is 3.33. The Hall–Kier alpha value is -1.55. The minimum Gasteiger partial charge on any atom is -0.497 e. The molecule has 1 heterocycles. The lowest BCUT2D eigenvalue weighted by molar-refractivity contribution is -0.121. The zero-order valence-electron chi connectivity index (χ0n) is 10.3. The maximum Gasteiger partial charge on any atom is 0.231 e. The molecule has 1 amide bonds. The van der Waals surface area contributed by atoms with E-state index in [2.05, 4.69) is 0 Å². The van der Waals surface area contributed by atoms with Crippen LogP contribution in [-0.2, 0) is 11.2 Å². The number of hydrogen-bond donors (Lipinski definition) is 1. The average molecular weight is 234 g/mol.